The van der Waals surface area contributed by atoms with Crippen molar-refractivity contribution < 1.29 is 9.15 Å². The van der Waals surface area contributed by atoms with Gasteiger partial charge in [-0.15, -0.1) is 0 Å². The summed E-state index contributed by atoms with van der Waals surface area (Å²) >= 11 is 0. The van der Waals surface area contributed by atoms with Gasteiger partial charge in [-0.25, -0.2) is 4.79 Å². The number of rotatable bonds is 2. The van der Waals surface area contributed by atoms with E-state index in [1.54, 1.807) is 6.07 Å². The topological polar surface area (TPSA) is 42.7 Å². The molecule has 0 saturated carbocycles. The fraction of sp³-hybridized carbons (Fsp3) is 0.174. The van der Waals surface area contributed by atoms with Crippen LogP contribution in [0.4, 0.5) is 5.69 Å². The molecule has 134 valence electrons. The second-order valence-electron chi connectivity index (χ2n) is 6.81. The third-order valence-corrected chi connectivity index (χ3v) is 5.29. The van der Waals surface area contributed by atoms with Crippen LogP contribution in [0.5, 0.6) is 5.75 Å². The fourth-order valence-electron chi connectivity index (χ4n) is 3.92. The number of fused-ring (bicyclic) bond motifs is 5. The molecule has 0 bridgehead atoms. The summed E-state index contributed by atoms with van der Waals surface area (Å²) in [6.45, 7) is 3.27. The Morgan fingerprint density at radius 3 is 2.56 bits per heavy atom. The van der Waals surface area contributed by atoms with Gasteiger partial charge in [-0.05, 0) is 41.6 Å². The molecule has 4 heteroatoms. The molecular formula is C23H19NO3. The van der Waals surface area contributed by atoms with Crippen LogP contribution >= 0.6 is 0 Å². The van der Waals surface area contributed by atoms with E-state index in [0.29, 0.717) is 24.2 Å². The number of anilines is 1. The Hall–Kier alpha value is -3.27. The lowest BCUT2D eigenvalue weighted by atomic mass is 10.0. The van der Waals surface area contributed by atoms with Crippen LogP contribution in [-0.2, 0) is 13.0 Å². The Morgan fingerprint density at radius 1 is 0.926 bits per heavy atom. The van der Waals surface area contributed by atoms with Gasteiger partial charge >= 0.3 is 5.63 Å². The molecule has 2 heterocycles. The molecule has 27 heavy (non-hydrogen) atoms. The van der Waals surface area contributed by atoms with E-state index < -0.39 is 0 Å². The highest BCUT2D eigenvalue weighted by atomic mass is 16.5. The number of benzene rings is 3. The van der Waals surface area contributed by atoms with Gasteiger partial charge in [0.1, 0.15) is 11.3 Å². The first-order valence-corrected chi connectivity index (χ1v) is 9.19. The van der Waals surface area contributed by atoms with Crippen molar-refractivity contribution in [3.05, 3.63) is 82.2 Å². The predicted octanol–water partition coefficient (Wildman–Crippen LogP) is 4.87. The molecule has 0 saturated heterocycles. The van der Waals surface area contributed by atoms with E-state index in [4.69, 9.17) is 9.15 Å². The van der Waals surface area contributed by atoms with Gasteiger partial charge in [0.25, 0.3) is 0 Å². The maximum atomic E-state index is 12.5. The largest absolute Gasteiger partial charge is 0.473 e. The molecule has 4 nitrogen and oxygen atoms in total. The zero-order chi connectivity index (χ0) is 18.4. The van der Waals surface area contributed by atoms with Gasteiger partial charge < -0.3 is 14.1 Å². The average Bonchev–Trinajstić information content (AvgIpc) is 2.73. The first-order valence-electron chi connectivity index (χ1n) is 9.19. The van der Waals surface area contributed by atoms with E-state index >= 15 is 0 Å². The minimum atomic E-state index is -0.308. The van der Waals surface area contributed by atoms with E-state index in [1.807, 2.05) is 36.4 Å². The predicted molar refractivity (Wildman–Crippen MR) is 107 cm³/mol. The number of hydrogen-bond acceptors (Lipinski definition) is 4. The third kappa shape index (κ3) is 2.48. The smallest absolute Gasteiger partial charge is 0.344 e. The summed E-state index contributed by atoms with van der Waals surface area (Å²) in [4.78, 5) is 14.7. The van der Waals surface area contributed by atoms with Crippen molar-refractivity contribution in [3.63, 3.8) is 0 Å². The molecule has 4 aromatic rings. The summed E-state index contributed by atoms with van der Waals surface area (Å²) in [5.41, 5.74) is 3.67. The van der Waals surface area contributed by atoms with Crippen molar-refractivity contribution in [2.24, 2.45) is 0 Å². The normalized spacial score (nSPS) is 13.6. The quantitative estimate of drug-likeness (QED) is 0.379. The molecule has 1 aliphatic heterocycles. The summed E-state index contributed by atoms with van der Waals surface area (Å²) in [5, 5.41) is 2.46. The van der Waals surface area contributed by atoms with Gasteiger partial charge in [-0.2, -0.15) is 0 Å². The lowest BCUT2D eigenvalue weighted by Crippen LogP contribution is -2.32. The van der Waals surface area contributed by atoms with Gasteiger partial charge in [0.05, 0.1) is 17.5 Å². The molecule has 1 aliphatic rings. The summed E-state index contributed by atoms with van der Waals surface area (Å²) in [7, 11) is 0. The van der Waals surface area contributed by atoms with E-state index in [0.717, 1.165) is 34.2 Å². The molecule has 0 N–H and O–H groups in total. The second-order valence-corrected chi connectivity index (χ2v) is 6.81. The van der Waals surface area contributed by atoms with Crippen molar-refractivity contribution in [2.75, 3.05) is 11.6 Å². The summed E-state index contributed by atoms with van der Waals surface area (Å²) < 4.78 is 11.8. The average molecular weight is 357 g/mol. The molecule has 3 aromatic carbocycles. The minimum Gasteiger partial charge on any atom is -0.473 e. The van der Waals surface area contributed by atoms with Gasteiger partial charge in [0.2, 0.25) is 0 Å². The molecule has 0 amide bonds. The van der Waals surface area contributed by atoms with E-state index in [1.165, 1.54) is 5.56 Å². The molecule has 0 aliphatic carbocycles. The molecule has 5 rings (SSSR count). The Balaban J connectivity index is 1.70. The molecular weight excluding hydrogens is 338 g/mol. The second kappa shape index (κ2) is 6.16. The molecule has 0 spiro atoms. The lowest BCUT2D eigenvalue weighted by molar-refractivity contribution is 0.289. The minimum absolute atomic E-state index is 0.308. The highest BCUT2D eigenvalue weighted by Crippen LogP contribution is 2.36. The van der Waals surface area contributed by atoms with Crippen LogP contribution in [0, 0.1) is 0 Å². The Morgan fingerprint density at radius 2 is 1.70 bits per heavy atom. The molecule has 0 fully saturated rings. The standard InChI is InChI=1S/C23H19NO3/c1-2-15-7-3-6-10-20(15)24-13-19-21(26-14-24)12-11-17-16-8-4-5-9-18(16)23(25)27-22(17)19/h3-12H,2,13-14H2,1H3. The van der Waals surface area contributed by atoms with Crippen molar-refractivity contribution in [2.45, 2.75) is 19.9 Å². The first kappa shape index (κ1) is 15.9. The van der Waals surface area contributed by atoms with Crippen LogP contribution in [0.25, 0.3) is 21.7 Å². The van der Waals surface area contributed by atoms with Gasteiger partial charge in [-0.3, -0.25) is 0 Å². The Kier molecular flexibility index (Phi) is 3.64. The van der Waals surface area contributed by atoms with Crippen LogP contribution in [-0.4, -0.2) is 6.73 Å². The summed E-state index contributed by atoms with van der Waals surface area (Å²) in [6, 6.07) is 19.9. The maximum Gasteiger partial charge on any atom is 0.344 e. The van der Waals surface area contributed by atoms with Gasteiger partial charge in [0, 0.05) is 11.1 Å². The number of nitrogens with zero attached hydrogens (tertiary/aromatic N) is 1. The van der Waals surface area contributed by atoms with Crippen LogP contribution in [0.3, 0.4) is 0 Å². The van der Waals surface area contributed by atoms with Crippen molar-refractivity contribution >= 4 is 27.4 Å². The van der Waals surface area contributed by atoms with E-state index in [-0.39, 0.29) is 5.63 Å². The van der Waals surface area contributed by atoms with Crippen molar-refractivity contribution in [3.8, 4) is 5.75 Å². The summed E-state index contributed by atoms with van der Waals surface area (Å²) in [6.07, 6.45) is 0.953. The Bertz CT molecular complexity index is 1230. The third-order valence-electron chi connectivity index (χ3n) is 5.29. The van der Waals surface area contributed by atoms with Crippen LogP contribution in [0.15, 0.2) is 69.9 Å². The summed E-state index contributed by atoms with van der Waals surface area (Å²) in [5.74, 6) is 0.783. The molecule has 1 aromatic heterocycles. The number of hydrogen-bond donors (Lipinski definition) is 0. The highest BCUT2D eigenvalue weighted by Gasteiger charge is 2.23. The van der Waals surface area contributed by atoms with Crippen LogP contribution in [0.2, 0.25) is 0 Å². The SMILES string of the molecule is CCc1ccccc1N1COc2ccc3c(oc(=O)c4ccccc43)c2C1. The van der Waals surface area contributed by atoms with Crippen molar-refractivity contribution in [1.82, 2.24) is 0 Å². The van der Waals surface area contributed by atoms with Gasteiger partial charge in [-0.1, -0.05) is 43.3 Å². The van der Waals surface area contributed by atoms with E-state index in [9.17, 15) is 4.79 Å². The molecule has 0 atom stereocenters. The highest BCUT2D eigenvalue weighted by molar-refractivity contribution is 6.05. The first-order chi connectivity index (χ1) is 13.3. The Labute approximate surface area is 156 Å². The monoisotopic (exact) mass is 357 g/mol. The zero-order valence-corrected chi connectivity index (χ0v) is 15.1. The zero-order valence-electron chi connectivity index (χ0n) is 15.1. The van der Waals surface area contributed by atoms with Crippen molar-refractivity contribution in [1.29, 1.82) is 0 Å². The lowest BCUT2D eigenvalue weighted by Gasteiger charge is -2.32. The number of ether oxygens (including phenoxy) is 1. The molecule has 0 unspecified atom stereocenters. The maximum absolute atomic E-state index is 12.5. The number of para-hydroxylation sites is 1. The van der Waals surface area contributed by atoms with E-state index in [2.05, 4.69) is 30.0 Å². The number of aryl methyl sites for hydroxylation is 1. The van der Waals surface area contributed by atoms with Gasteiger partial charge in [0.15, 0.2) is 6.73 Å². The molecule has 0 radical (unpaired) electrons. The van der Waals surface area contributed by atoms with Crippen LogP contribution < -0.4 is 15.3 Å². The van der Waals surface area contributed by atoms with Crippen LogP contribution in [0.1, 0.15) is 18.1 Å². The fourth-order valence-corrected chi connectivity index (χ4v) is 3.92.